The minimum absolute atomic E-state index is 0. The number of aromatic nitrogens is 3. The van der Waals surface area contributed by atoms with E-state index >= 15 is 0 Å². The molecule has 0 saturated carbocycles. The Morgan fingerprint density at radius 2 is 1.74 bits per heavy atom. The van der Waals surface area contributed by atoms with Crippen molar-refractivity contribution in [2.24, 2.45) is 7.05 Å². The predicted octanol–water partition coefficient (Wildman–Crippen LogP) is 4.99. The Kier molecular flexibility index (Phi) is 7.59. The standard InChI is InChI=1S/C23H27F3N6O2.ClH/c1-22(2)15-31(12-13-32(22)17-8-10-18(33-4)11-9-17)21-28-20(30(3)29-21)27-16-6-5-7-19(14-16)34-23(24,25)26;/h5-11,14H,12-13,15H2,1-4H3,(H,27,28,29);1H. The van der Waals surface area contributed by atoms with Crippen LogP contribution in [-0.4, -0.2) is 53.4 Å². The summed E-state index contributed by atoms with van der Waals surface area (Å²) >= 11 is 0. The fourth-order valence-corrected chi connectivity index (χ4v) is 4.08. The fraction of sp³-hybridized carbons (Fsp3) is 0.391. The van der Waals surface area contributed by atoms with Crippen molar-refractivity contribution in [3.8, 4) is 11.5 Å². The highest BCUT2D eigenvalue weighted by molar-refractivity contribution is 5.85. The Labute approximate surface area is 208 Å². The normalized spacial score (nSPS) is 15.4. The number of hydrogen-bond acceptors (Lipinski definition) is 7. The molecule has 4 rings (SSSR count). The summed E-state index contributed by atoms with van der Waals surface area (Å²) in [4.78, 5) is 9.04. The second kappa shape index (κ2) is 10.1. The quantitative estimate of drug-likeness (QED) is 0.499. The van der Waals surface area contributed by atoms with Gasteiger partial charge in [0, 0.05) is 44.1 Å². The van der Waals surface area contributed by atoms with Gasteiger partial charge in [-0.15, -0.1) is 30.7 Å². The van der Waals surface area contributed by atoms with E-state index in [9.17, 15) is 13.2 Å². The molecule has 35 heavy (non-hydrogen) atoms. The molecule has 1 aromatic heterocycles. The third-order valence-corrected chi connectivity index (χ3v) is 5.64. The first-order valence-electron chi connectivity index (χ1n) is 10.7. The molecule has 0 radical (unpaired) electrons. The zero-order valence-electron chi connectivity index (χ0n) is 19.8. The van der Waals surface area contributed by atoms with Gasteiger partial charge in [0.15, 0.2) is 0 Å². The van der Waals surface area contributed by atoms with E-state index < -0.39 is 6.36 Å². The third-order valence-electron chi connectivity index (χ3n) is 5.64. The Morgan fingerprint density at radius 1 is 1.03 bits per heavy atom. The summed E-state index contributed by atoms with van der Waals surface area (Å²) in [5.41, 5.74) is 1.33. The largest absolute Gasteiger partial charge is 0.573 e. The highest BCUT2D eigenvalue weighted by Gasteiger charge is 2.35. The van der Waals surface area contributed by atoms with E-state index in [1.807, 2.05) is 24.3 Å². The van der Waals surface area contributed by atoms with Crippen molar-refractivity contribution in [3.63, 3.8) is 0 Å². The summed E-state index contributed by atoms with van der Waals surface area (Å²) in [6.45, 7) is 6.51. The minimum Gasteiger partial charge on any atom is -0.497 e. The molecule has 0 unspecified atom stereocenters. The molecule has 8 nitrogen and oxygen atoms in total. The highest BCUT2D eigenvalue weighted by Crippen LogP contribution is 2.31. The number of nitrogens with one attached hydrogen (secondary N) is 1. The summed E-state index contributed by atoms with van der Waals surface area (Å²) in [5, 5.41) is 7.54. The number of hydrogen-bond donors (Lipinski definition) is 1. The molecule has 2 heterocycles. The van der Waals surface area contributed by atoms with Crippen LogP contribution in [0.4, 0.5) is 36.4 Å². The molecular formula is C23H28ClF3N6O2. The molecule has 0 aliphatic carbocycles. The molecule has 1 aliphatic heterocycles. The predicted molar refractivity (Wildman–Crippen MR) is 131 cm³/mol. The Balaban J connectivity index is 0.00000342. The van der Waals surface area contributed by atoms with Gasteiger partial charge in [-0.2, -0.15) is 4.98 Å². The van der Waals surface area contributed by atoms with Crippen LogP contribution in [0.25, 0.3) is 0 Å². The van der Waals surface area contributed by atoms with Crippen molar-refractivity contribution in [1.29, 1.82) is 0 Å². The van der Waals surface area contributed by atoms with Crippen molar-refractivity contribution in [1.82, 2.24) is 14.8 Å². The lowest BCUT2D eigenvalue weighted by molar-refractivity contribution is -0.274. The summed E-state index contributed by atoms with van der Waals surface area (Å²) in [6, 6.07) is 13.6. The maximum Gasteiger partial charge on any atom is 0.573 e. The van der Waals surface area contributed by atoms with Crippen LogP contribution < -0.4 is 24.6 Å². The number of alkyl halides is 3. The zero-order chi connectivity index (χ0) is 24.5. The summed E-state index contributed by atoms with van der Waals surface area (Å²) in [6.07, 6.45) is -4.75. The number of anilines is 4. The number of halogens is 4. The van der Waals surface area contributed by atoms with Gasteiger partial charge in [0.2, 0.25) is 11.9 Å². The van der Waals surface area contributed by atoms with Crippen LogP contribution in [0.15, 0.2) is 48.5 Å². The number of ether oxygens (including phenoxy) is 2. The third kappa shape index (κ3) is 6.21. The van der Waals surface area contributed by atoms with Gasteiger partial charge in [-0.1, -0.05) is 6.07 Å². The van der Waals surface area contributed by atoms with Gasteiger partial charge in [0.05, 0.1) is 12.6 Å². The molecule has 1 saturated heterocycles. The second-order valence-corrected chi connectivity index (χ2v) is 8.64. The van der Waals surface area contributed by atoms with Gasteiger partial charge >= 0.3 is 6.36 Å². The van der Waals surface area contributed by atoms with Gasteiger partial charge in [0.1, 0.15) is 11.5 Å². The summed E-state index contributed by atoms with van der Waals surface area (Å²) < 4.78 is 48.4. The van der Waals surface area contributed by atoms with Gasteiger partial charge < -0.3 is 24.6 Å². The number of methoxy groups -OCH3 is 1. The average Bonchev–Trinajstić information content (AvgIpc) is 3.12. The number of benzene rings is 2. The average molecular weight is 513 g/mol. The SMILES string of the molecule is COc1ccc(N2CCN(c3nc(Nc4cccc(OC(F)(F)F)c4)n(C)n3)CC2(C)C)cc1.Cl. The Morgan fingerprint density at radius 3 is 2.37 bits per heavy atom. The van der Waals surface area contributed by atoms with E-state index in [2.05, 4.69) is 43.8 Å². The molecule has 0 bridgehead atoms. The van der Waals surface area contributed by atoms with Crippen molar-refractivity contribution >= 4 is 35.7 Å². The van der Waals surface area contributed by atoms with Crippen LogP contribution in [0.1, 0.15) is 13.8 Å². The lowest BCUT2D eigenvalue weighted by Crippen LogP contribution is -2.60. The number of aryl methyl sites for hydroxylation is 1. The molecule has 1 N–H and O–H groups in total. The molecule has 0 atom stereocenters. The number of rotatable bonds is 6. The molecule has 2 aromatic carbocycles. The summed E-state index contributed by atoms with van der Waals surface area (Å²) in [5.74, 6) is 1.47. The maximum atomic E-state index is 12.5. The van der Waals surface area contributed by atoms with Crippen molar-refractivity contribution in [2.45, 2.75) is 25.7 Å². The summed E-state index contributed by atoms with van der Waals surface area (Å²) in [7, 11) is 3.38. The van der Waals surface area contributed by atoms with E-state index in [0.717, 1.165) is 18.0 Å². The molecule has 1 aliphatic rings. The van der Waals surface area contributed by atoms with Gasteiger partial charge in [-0.3, -0.25) is 0 Å². The first kappa shape index (κ1) is 26.3. The first-order valence-corrected chi connectivity index (χ1v) is 10.7. The van der Waals surface area contributed by atoms with E-state index in [0.29, 0.717) is 30.7 Å². The highest BCUT2D eigenvalue weighted by atomic mass is 35.5. The van der Waals surface area contributed by atoms with Gasteiger partial charge in [-0.25, -0.2) is 4.68 Å². The number of piperazine rings is 1. The van der Waals surface area contributed by atoms with Crippen LogP contribution in [0.5, 0.6) is 11.5 Å². The van der Waals surface area contributed by atoms with Crippen molar-refractivity contribution < 1.29 is 22.6 Å². The van der Waals surface area contributed by atoms with Crippen LogP contribution in [0.2, 0.25) is 0 Å². The van der Waals surface area contributed by atoms with Crippen LogP contribution in [-0.2, 0) is 7.05 Å². The monoisotopic (exact) mass is 512 g/mol. The van der Waals surface area contributed by atoms with Crippen LogP contribution >= 0.6 is 12.4 Å². The van der Waals surface area contributed by atoms with Crippen LogP contribution in [0.3, 0.4) is 0 Å². The molecular weight excluding hydrogens is 485 g/mol. The second-order valence-electron chi connectivity index (χ2n) is 8.64. The molecule has 3 aromatic rings. The first-order chi connectivity index (χ1) is 16.0. The lowest BCUT2D eigenvalue weighted by atomic mass is 9.98. The molecule has 1 fully saturated rings. The lowest BCUT2D eigenvalue weighted by Gasteiger charge is -2.48. The molecule has 12 heteroatoms. The van der Waals surface area contributed by atoms with Crippen molar-refractivity contribution in [2.75, 3.05) is 41.9 Å². The Hall–Kier alpha value is -3.34. The Bertz CT molecular complexity index is 1140. The van der Waals surface area contributed by atoms with Crippen LogP contribution in [0, 0.1) is 0 Å². The number of nitrogens with zero attached hydrogens (tertiary/aromatic N) is 5. The maximum absolute atomic E-state index is 12.5. The minimum atomic E-state index is -4.75. The smallest absolute Gasteiger partial charge is 0.497 e. The fourth-order valence-electron chi connectivity index (χ4n) is 4.08. The van der Waals surface area contributed by atoms with E-state index in [1.165, 1.54) is 18.2 Å². The molecule has 0 amide bonds. The van der Waals surface area contributed by atoms with E-state index in [4.69, 9.17) is 4.74 Å². The molecule has 190 valence electrons. The van der Waals surface area contributed by atoms with Gasteiger partial charge in [0.25, 0.3) is 0 Å². The zero-order valence-corrected chi connectivity index (χ0v) is 20.7. The topological polar surface area (TPSA) is 67.7 Å². The van der Waals surface area contributed by atoms with Gasteiger partial charge in [-0.05, 0) is 50.2 Å². The molecule has 0 spiro atoms. The van der Waals surface area contributed by atoms with E-state index in [1.54, 1.807) is 24.9 Å². The van der Waals surface area contributed by atoms with Crippen molar-refractivity contribution in [3.05, 3.63) is 48.5 Å². The van der Waals surface area contributed by atoms with E-state index in [-0.39, 0.29) is 23.7 Å².